The molecule has 1 aromatic heterocycles. The fourth-order valence-corrected chi connectivity index (χ4v) is 3.93. The summed E-state index contributed by atoms with van der Waals surface area (Å²) in [6.07, 6.45) is 3.90. The van der Waals surface area contributed by atoms with Crippen LogP contribution in [0.4, 0.5) is 0 Å². The van der Waals surface area contributed by atoms with Crippen molar-refractivity contribution in [2.45, 2.75) is 26.7 Å². The van der Waals surface area contributed by atoms with Crippen LogP contribution in [0.15, 0.2) is 79.0 Å². The maximum Gasteiger partial charge on any atom is 0.119 e. The third-order valence-corrected chi connectivity index (χ3v) is 5.99. The molecule has 0 amide bonds. The Morgan fingerprint density at radius 3 is 2.20 bits per heavy atom. The summed E-state index contributed by atoms with van der Waals surface area (Å²) in [5.74, 6) is 2.66. The van der Waals surface area contributed by atoms with Crippen molar-refractivity contribution in [2.75, 3.05) is 26.3 Å². The van der Waals surface area contributed by atoms with Gasteiger partial charge in [0.1, 0.15) is 17.3 Å². The van der Waals surface area contributed by atoms with Gasteiger partial charge in [0.05, 0.1) is 18.9 Å². The van der Waals surface area contributed by atoms with Crippen LogP contribution in [0, 0.1) is 6.92 Å². The Labute approximate surface area is 212 Å². The molecule has 0 radical (unpaired) electrons. The van der Waals surface area contributed by atoms with Crippen LogP contribution in [-0.2, 0) is 6.42 Å². The average molecular weight is 490 g/mol. The highest BCUT2D eigenvalue weighted by Crippen LogP contribution is 2.25. The summed E-state index contributed by atoms with van der Waals surface area (Å²) in [7, 11) is 0. The van der Waals surface area contributed by atoms with Crippen LogP contribution in [0.2, 0.25) is 5.02 Å². The van der Waals surface area contributed by atoms with Gasteiger partial charge in [0.15, 0.2) is 0 Å². The zero-order chi connectivity index (χ0) is 24.5. The van der Waals surface area contributed by atoms with E-state index in [1.165, 1.54) is 5.56 Å². The predicted octanol–water partition coefficient (Wildman–Crippen LogP) is 6.50. The SMILES string of the molecule is CCNCCCOc1ccc(-n2cc(-c3ccc(OCCc4ccc(Cl)cc4)cc3)nc2C)cc1. The largest absolute Gasteiger partial charge is 0.494 e. The molecule has 0 aliphatic rings. The molecule has 1 N–H and O–H groups in total. The van der Waals surface area contributed by atoms with Gasteiger partial charge in [-0.15, -0.1) is 0 Å². The lowest BCUT2D eigenvalue weighted by atomic mass is 10.1. The topological polar surface area (TPSA) is 48.3 Å². The second-order valence-electron chi connectivity index (χ2n) is 8.34. The Kier molecular flexibility index (Phi) is 8.82. The minimum absolute atomic E-state index is 0.615. The number of benzene rings is 3. The summed E-state index contributed by atoms with van der Waals surface area (Å²) < 4.78 is 13.8. The number of imidazole rings is 1. The average Bonchev–Trinajstić information content (AvgIpc) is 3.27. The van der Waals surface area contributed by atoms with E-state index in [2.05, 4.69) is 35.1 Å². The van der Waals surface area contributed by atoms with Gasteiger partial charge < -0.3 is 19.4 Å². The molecule has 182 valence electrons. The molecule has 1 heterocycles. The number of aryl methyl sites for hydroxylation is 1. The number of nitrogens with one attached hydrogen (secondary N) is 1. The van der Waals surface area contributed by atoms with Crippen LogP contribution in [-0.4, -0.2) is 35.9 Å². The lowest BCUT2D eigenvalue weighted by Gasteiger charge is -2.09. The molecule has 0 spiro atoms. The second kappa shape index (κ2) is 12.4. The van der Waals surface area contributed by atoms with Crippen molar-refractivity contribution >= 4 is 11.6 Å². The molecular weight excluding hydrogens is 458 g/mol. The predicted molar refractivity (Wildman–Crippen MR) is 143 cm³/mol. The summed E-state index contributed by atoms with van der Waals surface area (Å²) >= 11 is 5.94. The summed E-state index contributed by atoms with van der Waals surface area (Å²) in [5.41, 5.74) is 4.25. The highest BCUT2D eigenvalue weighted by atomic mass is 35.5. The van der Waals surface area contributed by atoms with Crippen LogP contribution in [0.3, 0.4) is 0 Å². The van der Waals surface area contributed by atoms with Crippen molar-refractivity contribution < 1.29 is 9.47 Å². The Balaban J connectivity index is 1.33. The van der Waals surface area contributed by atoms with E-state index >= 15 is 0 Å². The zero-order valence-electron chi connectivity index (χ0n) is 20.3. The van der Waals surface area contributed by atoms with Crippen molar-refractivity contribution in [1.29, 1.82) is 0 Å². The molecule has 0 bridgehead atoms. The van der Waals surface area contributed by atoms with Crippen molar-refractivity contribution in [3.05, 3.63) is 95.4 Å². The van der Waals surface area contributed by atoms with E-state index in [-0.39, 0.29) is 0 Å². The molecule has 0 fully saturated rings. The minimum atomic E-state index is 0.615. The third-order valence-electron chi connectivity index (χ3n) is 5.74. The van der Waals surface area contributed by atoms with Crippen molar-refractivity contribution in [3.63, 3.8) is 0 Å². The van der Waals surface area contributed by atoms with Crippen LogP contribution < -0.4 is 14.8 Å². The number of hydrogen-bond donors (Lipinski definition) is 1. The van der Waals surface area contributed by atoms with Gasteiger partial charge in [-0.2, -0.15) is 0 Å². The lowest BCUT2D eigenvalue weighted by Crippen LogP contribution is -2.16. The molecule has 0 saturated heterocycles. The number of hydrogen-bond acceptors (Lipinski definition) is 4. The highest BCUT2D eigenvalue weighted by molar-refractivity contribution is 6.30. The summed E-state index contributed by atoms with van der Waals surface area (Å²) in [6, 6.07) is 24.1. The molecule has 0 aliphatic carbocycles. The number of aromatic nitrogens is 2. The van der Waals surface area contributed by atoms with Gasteiger partial charge in [-0.3, -0.25) is 0 Å². The Morgan fingerprint density at radius 1 is 0.857 bits per heavy atom. The van der Waals surface area contributed by atoms with Crippen molar-refractivity contribution in [2.24, 2.45) is 0 Å². The van der Waals surface area contributed by atoms with Gasteiger partial charge in [0.2, 0.25) is 0 Å². The van der Waals surface area contributed by atoms with E-state index in [1.54, 1.807) is 0 Å². The van der Waals surface area contributed by atoms with Gasteiger partial charge in [-0.25, -0.2) is 4.98 Å². The van der Waals surface area contributed by atoms with E-state index in [0.717, 1.165) is 65.2 Å². The molecule has 4 aromatic rings. The van der Waals surface area contributed by atoms with Crippen LogP contribution >= 0.6 is 11.6 Å². The summed E-state index contributed by atoms with van der Waals surface area (Å²) in [5, 5.41) is 4.06. The Bertz CT molecular complexity index is 1190. The molecule has 5 nitrogen and oxygen atoms in total. The molecule has 6 heteroatoms. The fraction of sp³-hybridized carbons (Fsp3) is 0.276. The van der Waals surface area contributed by atoms with Gasteiger partial charge >= 0.3 is 0 Å². The molecule has 0 unspecified atom stereocenters. The van der Waals surface area contributed by atoms with Crippen LogP contribution in [0.25, 0.3) is 16.9 Å². The number of nitrogens with zero attached hydrogens (tertiary/aromatic N) is 2. The van der Waals surface area contributed by atoms with Gasteiger partial charge in [0.25, 0.3) is 0 Å². The van der Waals surface area contributed by atoms with E-state index < -0.39 is 0 Å². The monoisotopic (exact) mass is 489 g/mol. The first-order valence-electron chi connectivity index (χ1n) is 12.1. The maximum atomic E-state index is 5.94. The van der Waals surface area contributed by atoms with E-state index in [9.17, 15) is 0 Å². The molecule has 0 atom stereocenters. The third kappa shape index (κ3) is 7.10. The quantitative estimate of drug-likeness (QED) is 0.231. The number of halogens is 1. The van der Waals surface area contributed by atoms with Crippen LogP contribution in [0.5, 0.6) is 11.5 Å². The molecule has 35 heavy (non-hydrogen) atoms. The van der Waals surface area contributed by atoms with E-state index in [0.29, 0.717) is 13.2 Å². The van der Waals surface area contributed by atoms with Gasteiger partial charge in [-0.1, -0.05) is 30.7 Å². The van der Waals surface area contributed by atoms with E-state index in [4.69, 9.17) is 26.1 Å². The number of ether oxygens (including phenoxy) is 2. The summed E-state index contributed by atoms with van der Waals surface area (Å²) in [4.78, 5) is 4.77. The normalized spacial score (nSPS) is 10.9. The zero-order valence-corrected chi connectivity index (χ0v) is 21.1. The van der Waals surface area contributed by atoms with Gasteiger partial charge in [-0.05, 0) is 92.7 Å². The summed E-state index contributed by atoms with van der Waals surface area (Å²) in [6.45, 7) is 7.42. The molecular formula is C29H32ClN3O2. The maximum absolute atomic E-state index is 5.94. The molecule has 3 aromatic carbocycles. The standard InChI is InChI=1S/C29H32ClN3O2/c1-3-31-18-4-19-34-28-15-11-26(12-16-28)33-21-29(32-22(33)2)24-7-13-27(14-8-24)35-20-17-23-5-9-25(30)10-6-23/h5-16,21,31H,3-4,17-20H2,1-2H3. The Hall–Kier alpha value is -3.28. The molecule has 0 aliphatic heterocycles. The second-order valence-corrected chi connectivity index (χ2v) is 8.78. The first-order valence-corrected chi connectivity index (χ1v) is 12.5. The molecule has 0 saturated carbocycles. The molecule has 4 rings (SSSR count). The van der Waals surface area contributed by atoms with Crippen molar-refractivity contribution in [1.82, 2.24) is 14.9 Å². The first kappa shape index (κ1) is 24.8. The number of rotatable bonds is 12. The first-order chi connectivity index (χ1) is 17.1. The Morgan fingerprint density at radius 2 is 1.51 bits per heavy atom. The van der Waals surface area contributed by atoms with Crippen LogP contribution in [0.1, 0.15) is 24.7 Å². The minimum Gasteiger partial charge on any atom is -0.494 e. The van der Waals surface area contributed by atoms with Crippen molar-refractivity contribution in [3.8, 4) is 28.4 Å². The fourth-order valence-electron chi connectivity index (χ4n) is 3.80. The highest BCUT2D eigenvalue weighted by Gasteiger charge is 2.09. The smallest absolute Gasteiger partial charge is 0.119 e. The van der Waals surface area contributed by atoms with E-state index in [1.807, 2.05) is 67.6 Å². The lowest BCUT2D eigenvalue weighted by molar-refractivity contribution is 0.308. The van der Waals surface area contributed by atoms with Gasteiger partial charge in [0, 0.05) is 28.9 Å².